The van der Waals surface area contributed by atoms with Gasteiger partial charge in [-0.15, -0.1) is 0 Å². The van der Waals surface area contributed by atoms with E-state index in [-0.39, 0.29) is 11.3 Å². The summed E-state index contributed by atoms with van der Waals surface area (Å²) in [6, 6.07) is 5.35. The van der Waals surface area contributed by atoms with Gasteiger partial charge in [0.25, 0.3) is 5.91 Å². The Bertz CT molecular complexity index is 358. The number of aromatic nitrogens is 1. The van der Waals surface area contributed by atoms with Crippen molar-refractivity contribution in [3.63, 3.8) is 0 Å². The zero-order chi connectivity index (χ0) is 12.9. The first-order chi connectivity index (χ1) is 7.93. The molecule has 1 aromatic heterocycles. The molecular weight excluding hydrogens is 212 g/mol. The highest BCUT2D eigenvalue weighted by Crippen LogP contribution is 2.29. The molecule has 0 aliphatic heterocycles. The van der Waals surface area contributed by atoms with Gasteiger partial charge in [0.15, 0.2) is 0 Å². The Balaban J connectivity index is 2.40. The standard InChI is InChI=1S/C14H22N2O/c1-11(2)14(3,4)8-10-16-13(17)12-7-5-6-9-15-12/h5-7,9,11H,8,10H2,1-4H3,(H,16,17). The van der Waals surface area contributed by atoms with E-state index >= 15 is 0 Å². The molecular formula is C14H22N2O. The average molecular weight is 234 g/mol. The molecule has 0 aromatic carbocycles. The van der Waals surface area contributed by atoms with Crippen molar-refractivity contribution in [3.05, 3.63) is 30.1 Å². The molecule has 1 heterocycles. The molecule has 0 saturated heterocycles. The maximum Gasteiger partial charge on any atom is 0.269 e. The quantitative estimate of drug-likeness (QED) is 0.851. The lowest BCUT2D eigenvalue weighted by molar-refractivity contribution is 0.0939. The molecule has 0 spiro atoms. The van der Waals surface area contributed by atoms with Crippen LogP contribution in [0.15, 0.2) is 24.4 Å². The fraction of sp³-hybridized carbons (Fsp3) is 0.571. The highest BCUT2D eigenvalue weighted by Gasteiger charge is 2.21. The zero-order valence-electron chi connectivity index (χ0n) is 11.2. The molecule has 94 valence electrons. The molecule has 0 atom stereocenters. The van der Waals surface area contributed by atoms with Crippen LogP contribution >= 0.6 is 0 Å². The lowest BCUT2D eigenvalue weighted by atomic mass is 9.78. The van der Waals surface area contributed by atoms with Gasteiger partial charge in [-0.25, -0.2) is 0 Å². The highest BCUT2D eigenvalue weighted by atomic mass is 16.1. The molecule has 17 heavy (non-hydrogen) atoms. The van der Waals surface area contributed by atoms with Gasteiger partial charge in [-0.2, -0.15) is 0 Å². The number of hydrogen-bond acceptors (Lipinski definition) is 2. The van der Waals surface area contributed by atoms with Crippen molar-refractivity contribution in [3.8, 4) is 0 Å². The Morgan fingerprint density at radius 2 is 2.12 bits per heavy atom. The second-order valence-electron chi connectivity index (χ2n) is 5.36. The van der Waals surface area contributed by atoms with Crippen molar-refractivity contribution in [2.75, 3.05) is 6.54 Å². The lowest BCUT2D eigenvalue weighted by Gasteiger charge is -2.29. The summed E-state index contributed by atoms with van der Waals surface area (Å²) < 4.78 is 0. The molecule has 0 fully saturated rings. The van der Waals surface area contributed by atoms with E-state index in [9.17, 15) is 4.79 Å². The number of hydrogen-bond donors (Lipinski definition) is 1. The predicted octanol–water partition coefficient (Wildman–Crippen LogP) is 2.88. The first kappa shape index (κ1) is 13.7. The molecule has 1 aromatic rings. The SMILES string of the molecule is CC(C)C(C)(C)CCNC(=O)c1ccccn1. The smallest absolute Gasteiger partial charge is 0.269 e. The van der Waals surface area contributed by atoms with Crippen LogP contribution in [0.25, 0.3) is 0 Å². The van der Waals surface area contributed by atoms with Crippen molar-refractivity contribution in [2.45, 2.75) is 34.1 Å². The molecule has 1 N–H and O–H groups in total. The summed E-state index contributed by atoms with van der Waals surface area (Å²) in [7, 11) is 0. The van der Waals surface area contributed by atoms with Crippen LogP contribution in [0, 0.1) is 11.3 Å². The summed E-state index contributed by atoms with van der Waals surface area (Å²) in [5.41, 5.74) is 0.729. The Labute approximate surface area is 104 Å². The molecule has 0 aliphatic rings. The number of amides is 1. The summed E-state index contributed by atoms with van der Waals surface area (Å²) >= 11 is 0. The highest BCUT2D eigenvalue weighted by molar-refractivity contribution is 5.92. The Morgan fingerprint density at radius 1 is 1.41 bits per heavy atom. The Morgan fingerprint density at radius 3 is 2.65 bits per heavy atom. The number of nitrogens with zero attached hydrogens (tertiary/aromatic N) is 1. The van der Waals surface area contributed by atoms with E-state index in [2.05, 4.69) is 38.0 Å². The third kappa shape index (κ3) is 4.17. The summed E-state index contributed by atoms with van der Waals surface area (Å²) in [5.74, 6) is 0.513. The molecule has 1 rings (SSSR count). The van der Waals surface area contributed by atoms with Gasteiger partial charge in [-0.05, 0) is 29.9 Å². The van der Waals surface area contributed by atoms with Gasteiger partial charge >= 0.3 is 0 Å². The third-order valence-corrected chi connectivity index (χ3v) is 3.52. The van der Waals surface area contributed by atoms with E-state index in [1.54, 1.807) is 18.3 Å². The third-order valence-electron chi connectivity index (χ3n) is 3.52. The zero-order valence-corrected chi connectivity index (χ0v) is 11.2. The van der Waals surface area contributed by atoms with Crippen LogP contribution in [0.1, 0.15) is 44.6 Å². The van der Waals surface area contributed by atoms with Crippen molar-refractivity contribution < 1.29 is 4.79 Å². The number of pyridine rings is 1. The minimum absolute atomic E-state index is 0.0924. The monoisotopic (exact) mass is 234 g/mol. The molecule has 0 unspecified atom stereocenters. The topological polar surface area (TPSA) is 42.0 Å². The predicted molar refractivity (Wildman–Crippen MR) is 69.8 cm³/mol. The Kier molecular flexibility index (Phi) is 4.67. The van der Waals surface area contributed by atoms with Crippen LogP contribution in [-0.4, -0.2) is 17.4 Å². The van der Waals surface area contributed by atoms with E-state index in [0.29, 0.717) is 18.2 Å². The normalized spacial score (nSPS) is 11.6. The first-order valence-corrected chi connectivity index (χ1v) is 6.13. The summed E-state index contributed by atoms with van der Waals surface area (Å²) in [5, 5.41) is 2.91. The van der Waals surface area contributed by atoms with Gasteiger partial charge < -0.3 is 5.32 Å². The lowest BCUT2D eigenvalue weighted by Crippen LogP contribution is -2.30. The van der Waals surface area contributed by atoms with Gasteiger partial charge in [0, 0.05) is 12.7 Å². The molecule has 3 heteroatoms. The molecule has 0 saturated carbocycles. The van der Waals surface area contributed by atoms with Crippen LogP contribution in [-0.2, 0) is 0 Å². The number of carbonyl (C=O) groups is 1. The van der Waals surface area contributed by atoms with Crippen LogP contribution in [0.2, 0.25) is 0 Å². The van der Waals surface area contributed by atoms with E-state index in [0.717, 1.165) is 6.42 Å². The largest absolute Gasteiger partial charge is 0.351 e. The fourth-order valence-corrected chi connectivity index (χ4v) is 1.37. The Hall–Kier alpha value is -1.38. The molecule has 0 radical (unpaired) electrons. The fourth-order valence-electron chi connectivity index (χ4n) is 1.37. The molecule has 3 nitrogen and oxygen atoms in total. The minimum Gasteiger partial charge on any atom is -0.351 e. The molecule has 0 bridgehead atoms. The number of carbonyl (C=O) groups excluding carboxylic acids is 1. The average Bonchev–Trinajstić information content (AvgIpc) is 2.29. The van der Waals surface area contributed by atoms with Gasteiger partial charge in [0.05, 0.1) is 0 Å². The van der Waals surface area contributed by atoms with E-state index in [1.165, 1.54) is 0 Å². The van der Waals surface area contributed by atoms with Crippen molar-refractivity contribution in [2.24, 2.45) is 11.3 Å². The first-order valence-electron chi connectivity index (χ1n) is 6.13. The van der Waals surface area contributed by atoms with Crippen LogP contribution < -0.4 is 5.32 Å². The second kappa shape index (κ2) is 5.80. The van der Waals surface area contributed by atoms with Crippen molar-refractivity contribution in [1.82, 2.24) is 10.3 Å². The summed E-state index contributed by atoms with van der Waals surface area (Å²) in [6.45, 7) is 9.57. The van der Waals surface area contributed by atoms with Crippen LogP contribution in [0.4, 0.5) is 0 Å². The van der Waals surface area contributed by atoms with Gasteiger partial charge in [-0.1, -0.05) is 33.8 Å². The van der Waals surface area contributed by atoms with Gasteiger partial charge in [0.2, 0.25) is 0 Å². The summed E-state index contributed by atoms with van der Waals surface area (Å²) in [6.07, 6.45) is 2.61. The van der Waals surface area contributed by atoms with Crippen LogP contribution in [0.5, 0.6) is 0 Å². The minimum atomic E-state index is -0.0924. The van der Waals surface area contributed by atoms with Crippen molar-refractivity contribution in [1.29, 1.82) is 0 Å². The second-order valence-corrected chi connectivity index (χ2v) is 5.36. The summed E-state index contributed by atoms with van der Waals surface area (Å²) in [4.78, 5) is 15.7. The van der Waals surface area contributed by atoms with E-state index in [4.69, 9.17) is 0 Å². The maximum atomic E-state index is 11.7. The number of nitrogens with one attached hydrogen (secondary N) is 1. The molecule has 1 amide bonds. The van der Waals surface area contributed by atoms with Crippen molar-refractivity contribution >= 4 is 5.91 Å². The van der Waals surface area contributed by atoms with Crippen LogP contribution in [0.3, 0.4) is 0 Å². The number of rotatable bonds is 5. The van der Waals surface area contributed by atoms with Gasteiger partial charge in [-0.3, -0.25) is 9.78 Å². The molecule has 0 aliphatic carbocycles. The maximum absolute atomic E-state index is 11.7. The van der Waals surface area contributed by atoms with E-state index < -0.39 is 0 Å². The van der Waals surface area contributed by atoms with Gasteiger partial charge in [0.1, 0.15) is 5.69 Å². The van der Waals surface area contributed by atoms with E-state index in [1.807, 2.05) is 6.07 Å².